The number of benzene rings is 2. The van der Waals surface area contributed by atoms with E-state index in [1.54, 1.807) is 30.5 Å². The first-order valence-corrected chi connectivity index (χ1v) is 11.3. The van der Waals surface area contributed by atoms with Gasteiger partial charge < -0.3 is 19.0 Å². The van der Waals surface area contributed by atoms with Crippen molar-refractivity contribution in [3.8, 4) is 17.2 Å². The fourth-order valence-electron chi connectivity index (χ4n) is 2.15. The van der Waals surface area contributed by atoms with Gasteiger partial charge in [-0.3, -0.25) is 0 Å². The molecule has 0 fully saturated rings. The number of oxime groups is 1. The summed E-state index contributed by atoms with van der Waals surface area (Å²) in [5.74, 6) is 1.46. The van der Waals surface area contributed by atoms with Gasteiger partial charge in [-0.25, -0.2) is 0 Å². The quantitative estimate of drug-likeness (QED) is 0.151. The van der Waals surface area contributed by atoms with Gasteiger partial charge in [-0.05, 0) is 42.0 Å². The molecule has 0 aliphatic rings. The Kier molecular flexibility index (Phi) is 12.2. The maximum absolute atomic E-state index is 6.23. The van der Waals surface area contributed by atoms with Gasteiger partial charge >= 0.3 is 0 Å². The van der Waals surface area contributed by atoms with Crippen LogP contribution in [0.2, 0.25) is 10.0 Å². The molecule has 0 amide bonds. The largest absolute Gasteiger partial charge is 0.490 e. The average molecular weight is 560 g/mol. The summed E-state index contributed by atoms with van der Waals surface area (Å²) < 4.78 is 17.0. The molecule has 0 bridgehead atoms. The highest BCUT2D eigenvalue weighted by molar-refractivity contribution is 6.56. The van der Waals surface area contributed by atoms with Gasteiger partial charge in [0.05, 0.1) is 16.3 Å². The maximum atomic E-state index is 6.23. The van der Waals surface area contributed by atoms with E-state index in [-0.39, 0.29) is 35.4 Å². The third kappa shape index (κ3) is 10.4. The molecule has 0 aliphatic carbocycles. The van der Waals surface area contributed by atoms with E-state index in [9.17, 15) is 0 Å². The Bertz CT molecular complexity index is 932. The van der Waals surface area contributed by atoms with Crippen molar-refractivity contribution < 1.29 is 19.0 Å². The molecular weight excluding hydrogens is 543 g/mol. The lowest BCUT2D eigenvalue weighted by Gasteiger charge is -2.13. The van der Waals surface area contributed by atoms with Crippen molar-refractivity contribution in [2.45, 2.75) is 0 Å². The van der Waals surface area contributed by atoms with E-state index < -0.39 is 0 Å². The van der Waals surface area contributed by atoms with Crippen LogP contribution in [0.5, 0.6) is 17.2 Å². The molecule has 172 valence electrons. The van der Waals surface area contributed by atoms with E-state index in [4.69, 9.17) is 88.7 Å². The lowest BCUT2D eigenvalue weighted by atomic mass is 10.2. The SMILES string of the molecule is ClC(Cl)=CCON=Cc1ccc(OCCOc2c(Cl)cc(OCC=C(Cl)Cl)cc2Cl)cc1. The number of rotatable bonds is 12. The van der Waals surface area contributed by atoms with Gasteiger partial charge in [-0.2, -0.15) is 0 Å². The molecule has 0 aliphatic heterocycles. The molecule has 5 nitrogen and oxygen atoms in total. The molecule has 0 saturated heterocycles. The zero-order valence-corrected chi connectivity index (χ0v) is 20.9. The van der Waals surface area contributed by atoms with E-state index in [2.05, 4.69) is 5.16 Å². The lowest BCUT2D eigenvalue weighted by Crippen LogP contribution is -2.09. The molecule has 0 radical (unpaired) electrons. The van der Waals surface area contributed by atoms with Crippen molar-refractivity contribution in [2.24, 2.45) is 5.16 Å². The Balaban J connectivity index is 1.77. The molecule has 0 unspecified atom stereocenters. The lowest BCUT2D eigenvalue weighted by molar-refractivity contribution is 0.176. The normalized spacial score (nSPS) is 10.6. The van der Waals surface area contributed by atoms with Crippen LogP contribution in [-0.4, -0.2) is 32.6 Å². The molecular formula is C21H17Cl6NO4. The van der Waals surface area contributed by atoms with Gasteiger partial charge in [-0.1, -0.05) is 74.8 Å². The summed E-state index contributed by atoms with van der Waals surface area (Å²) in [5, 5.41) is 4.42. The summed E-state index contributed by atoms with van der Waals surface area (Å²) in [6, 6.07) is 10.4. The van der Waals surface area contributed by atoms with Crippen LogP contribution in [0.15, 0.2) is 62.7 Å². The fraction of sp³-hybridized carbons (Fsp3) is 0.190. The van der Waals surface area contributed by atoms with Crippen molar-refractivity contribution >= 4 is 75.8 Å². The molecule has 0 N–H and O–H groups in total. The topological polar surface area (TPSA) is 49.3 Å². The van der Waals surface area contributed by atoms with Gasteiger partial charge in [-0.15, -0.1) is 0 Å². The summed E-state index contributed by atoms with van der Waals surface area (Å²) in [6.07, 6.45) is 4.54. The monoisotopic (exact) mass is 557 g/mol. The Labute approximate surface area is 216 Å². The molecule has 2 aromatic carbocycles. The van der Waals surface area contributed by atoms with Crippen LogP contribution in [0, 0.1) is 0 Å². The van der Waals surface area contributed by atoms with Crippen LogP contribution in [0.4, 0.5) is 0 Å². The molecule has 32 heavy (non-hydrogen) atoms. The maximum Gasteiger partial charge on any atom is 0.156 e. The van der Waals surface area contributed by atoms with Crippen LogP contribution in [0.3, 0.4) is 0 Å². The molecule has 2 rings (SSSR count). The third-order valence-corrected chi connectivity index (χ3v) is 4.71. The minimum Gasteiger partial charge on any atom is -0.490 e. The first-order chi connectivity index (χ1) is 15.3. The average Bonchev–Trinajstić information content (AvgIpc) is 2.73. The van der Waals surface area contributed by atoms with Gasteiger partial charge in [0, 0.05) is 12.1 Å². The van der Waals surface area contributed by atoms with Gasteiger partial charge in [0.2, 0.25) is 0 Å². The molecule has 0 aromatic heterocycles. The summed E-state index contributed by atoms with van der Waals surface area (Å²) >= 11 is 34.5. The number of nitrogens with zero attached hydrogens (tertiary/aromatic N) is 1. The van der Waals surface area contributed by atoms with Crippen LogP contribution in [-0.2, 0) is 4.84 Å². The molecule has 0 atom stereocenters. The Morgan fingerprint density at radius 2 is 1.34 bits per heavy atom. The van der Waals surface area contributed by atoms with E-state index in [1.165, 1.54) is 12.2 Å². The first-order valence-electron chi connectivity index (χ1n) is 9.00. The Hall–Kier alpha value is -1.47. The predicted molar refractivity (Wildman–Crippen MR) is 133 cm³/mol. The highest BCUT2D eigenvalue weighted by atomic mass is 35.5. The predicted octanol–water partition coefficient (Wildman–Crippen LogP) is 7.82. The van der Waals surface area contributed by atoms with Crippen LogP contribution in [0.1, 0.15) is 5.56 Å². The van der Waals surface area contributed by atoms with Crippen LogP contribution >= 0.6 is 69.6 Å². The number of hydrogen-bond donors (Lipinski definition) is 0. The van der Waals surface area contributed by atoms with Gasteiger partial charge in [0.15, 0.2) is 5.75 Å². The number of ether oxygens (including phenoxy) is 3. The van der Waals surface area contributed by atoms with Gasteiger partial charge in [0.1, 0.15) is 46.9 Å². The zero-order valence-electron chi connectivity index (χ0n) is 16.4. The third-order valence-electron chi connectivity index (χ3n) is 3.53. The summed E-state index contributed by atoms with van der Waals surface area (Å²) in [5.41, 5.74) is 0.833. The van der Waals surface area contributed by atoms with Crippen LogP contribution in [0.25, 0.3) is 0 Å². The van der Waals surface area contributed by atoms with Crippen LogP contribution < -0.4 is 14.2 Å². The number of hydrogen-bond acceptors (Lipinski definition) is 5. The second-order valence-corrected chi connectivity index (χ2v) is 8.64. The number of halogens is 6. The standard InChI is InChI=1S/C21H17Cl6NO4/c22-17-11-16(29-7-5-19(24)25)12-18(23)21(17)31-10-9-30-15-3-1-14(2-4-15)13-28-32-8-6-20(26)27/h1-6,11-13H,7-10H2. The molecule has 0 spiro atoms. The fourth-order valence-corrected chi connectivity index (χ4v) is 2.98. The van der Waals surface area contributed by atoms with Crippen molar-refractivity contribution in [2.75, 3.05) is 26.4 Å². The molecule has 11 heteroatoms. The van der Waals surface area contributed by atoms with E-state index in [0.717, 1.165) is 5.56 Å². The zero-order chi connectivity index (χ0) is 23.3. The molecule has 2 aromatic rings. The second-order valence-electron chi connectivity index (χ2n) is 5.81. The van der Waals surface area contributed by atoms with Gasteiger partial charge in [0.25, 0.3) is 0 Å². The minimum absolute atomic E-state index is 0.112. The molecule has 0 heterocycles. The van der Waals surface area contributed by atoms with E-state index in [0.29, 0.717) is 27.3 Å². The summed E-state index contributed by atoms with van der Waals surface area (Å²) in [4.78, 5) is 4.99. The van der Waals surface area contributed by atoms with Crippen molar-refractivity contribution in [1.82, 2.24) is 0 Å². The highest BCUT2D eigenvalue weighted by Crippen LogP contribution is 2.37. The summed E-state index contributed by atoms with van der Waals surface area (Å²) in [7, 11) is 0. The highest BCUT2D eigenvalue weighted by Gasteiger charge is 2.11. The summed E-state index contributed by atoms with van der Waals surface area (Å²) in [6.45, 7) is 0.884. The minimum atomic E-state index is 0.112. The van der Waals surface area contributed by atoms with Crippen molar-refractivity contribution in [3.05, 3.63) is 73.1 Å². The second kappa shape index (κ2) is 14.6. The first kappa shape index (κ1) is 26.8. The Morgan fingerprint density at radius 1 is 0.750 bits per heavy atom. The van der Waals surface area contributed by atoms with Crippen molar-refractivity contribution in [3.63, 3.8) is 0 Å². The van der Waals surface area contributed by atoms with Crippen molar-refractivity contribution in [1.29, 1.82) is 0 Å². The smallest absolute Gasteiger partial charge is 0.156 e. The Morgan fingerprint density at radius 3 is 1.97 bits per heavy atom. The van der Waals surface area contributed by atoms with E-state index >= 15 is 0 Å². The molecule has 0 saturated carbocycles. The van der Waals surface area contributed by atoms with E-state index in [1.807, 2.05) is 12.1 Å².